The molecule has 2 rings (SSSR count). The van der Waals surface area contributed by atoms with Gasteiger partial charge in [0.1, 0.15) is 24.2 Å². The Labute approximate surface area is 141 Å². The Bertz CT molecular complexity index is 585. The number of aryl methyl sites for hydroxylation is 2. The van der Waals surface area contributed by atoms with Gasteiger partial charge in [0, 0.05) is 26.4 Å². The number of nitrogens with zero attached hydrogens (tertiary/aromatic N) is 3. The van der Waals surface area contributed by atoms with Crippen LogP contribution in [-0.4, -0.2) is 72.7 Å². The lowest BCUT2D eigenvalue weighted by Crippen LogP contribution is -2.51. The molecule has 24 heavy (non-hydrogen) atoms. The van der Waals surface area contributed by atoms with Gasteiger partial charge in [-0.05, 0) is 26.3 Å². The molecule has 1 aromatic heterocycles. The molecule has 132 valence electrons. The summed E-state index contributed by atoms with van der Waals surface area (Å²) in [5, 5.41) is 2.93. The smallest absolute Gasteiger partial charge is 0.270 e. The Balaban J connectivity index is 1.99. The average Bonchev–Trinajstić information content (AvgIpc) is 2.52. The van der Waals surface area contributed by atoms with Crippen LogP contribution in [0.25, 0.3) is 0 Å². The van der Waals surface area contributed by atoms with E-state index in [1.807, 2.05) is 6.92 Å². The standard InChI is InChI=1S/C16H24N4O4/c1-10-7-13(18-11(2)17-10)16(22)19-12-5-6-23-8-14(12)24-9-15(21)20(3)4/h7,12,14H,5-6,8-9H2,1-4H3,(H,19,22)/t12-,14-/m1/s1. The van der Waals surface area contributed by atoms with Gasteiger partial charge in [-0.15, -0.1) is 0 Å². The molecule has 0 aromatic carbocycles. The first-order valence-corrected chi connectivity index (χ1v) is 7.89. The molecular formula is C16H24N4O4. The van der Waals surface area contributed by atoms with Crippen molar-refractivity contribution in [3.05, 3.63) is 23.3 Å². The van der Waals surface area contributed by atoms with Crippen molar-refractivity contribution in [1.29, 1.82) is 0 Å². The summed E-state index contributed by atoms with van der Waals surface area (Å²) in [4.78, 5) is 33.9. The summed E-state index contributed by atoms with van der Waals surface area (Å²) in [5.74, 6) is 0.146. The molecule has 0 spiro atoms. The second-order valence-corrected chi connectivity index (χ2v) is 6.02. The fourth-order valence-corrected chi connectivity index (χ4v) is 2.42. The number of carbonyl (C=O) groups excluding carboxylic acids is 2. The molecule has 2 heterocycles. The highest BCUT2D eigenvalue weighted by atomic mass is 16.5. The lowest BCUT2D eigenvalue weighted by molar-refractivity contribution is -0.140. The maximum Gasteiger partial charge on any atom is 0.270 e. The number of ether oxygens (including phenoxy) is 2. The minimum absolute atomic E-state index is 0.0425. The van der Waals surface area contributed by atoms with Gasteiger partial charge in [0.15, 0.2) is 0 Å². The molecule has 1 saturated heterocycles. The van der Waals surface area contributed by atoms with Crippen molar-refractivity contribution in [1.82, 2.24) is 20.2 Å². The molecule has 8 nitrogen and oxygen atoms in total. The van der Waals surface area contributed by atoms with Crippen molar-refractivity contribution >= 4 is 11.8 Å². The number of rotatable bonds is 5. The summed E-state index contributed by atoms with van der Waals surface area (Å²) in [6, 6.07) is 1.42. The van der Waals surface area contributed by atoms with E-state index in [0.29, 0.717) is 31.2 Å². The monoisotopic (exact) mass is 336 g/mol. The van der Waals surface area contributed by atoms with Gasteiger partial charge in [-0.25, -0.2) is 9.97 Å². The summed E-state index contributed by atoms with van der Waals surface area (Å²) in [6.07, 6.45) is 0.255. The minimum Gasteiger partial charge on any atom is -0.379 e. The number of hydrogen-bond acceptors (Lipinski definition) is 6. The van der Waals surface area contributed by atoms with E-state index in [1.54, 1.807) is 27.1 Å². The van der Waals surface area contributed by atoms with Crippen molar-refractivity contribution in [2.24, 2.45) is 0 Å². The van der Waals surface area contributed by atoms with E-state index < -0.39 is 0 Å². The molecule has 1 N–H and O–H groups in total. The van der Waals surface area contributed by atoms with Crippen LogP contribution in [0.3, 0.4) is 0 Å². The fourth-order valence-electron chi connectivity index (χ4n) is 2.42. The molecule has 1 aliphatic rings. The molecular weight excluding hydrogens is 312 g/mol. The third-order valence-electron chi connectivity index (χ3n) is 3.74. The van der Waals surface area contributed by atoms with Gasteiger partial charge in [0.25, 0.3) is 5.91 Å². The summed E-state index contributed by atoms with van der Waals surface area (Å²) >= 11 is 0. The molecule has 0 saturated carbocycles. The van der Waals surface area contributed by atoms with Crippen LogP contribution in [0.4, 0.5) is 0 Å². The summed E-state index contributed by atoms with van der Waals surface area (Å²) in [6.45, 7) is 4.40. The van der Waals surface area contributed by atoms with Crippen LogP contribution in [0.1, 0.15) is 28.4 Å². The number of amides is 2. The first-order valence-electron chi connectivity index (χ1n) is 7.89. The van der Waals surface area contributed by atoms with Gasteiger partial charge in [-0.2, -0.15) is 0 Å². The van der Waals surface area contributed by atoms with E-state index in [-0.39, 0.29) is 30.6 Å². The van der Waals surface area contributed by atoms with E-state index in [4.69, 9.17) is 9.47 Å². The van der Waals surface area contributed by atoms with E-state index in [2.05, 4.69) is 15.3 Å². The number of nitrogens with one attached hydrogen (secondary N) is 1. The largest absolute Gasteiger partial charge is 0.379 e. The van der Waals surface area contributed by atoms with Gasteiger partial charge in [0.2, 0.25) is 5.91 Å². The normalized spacial score (nSPS) is 20.5. The SMILES string of the molecule is Cc1cc(C(=O)N[C@@H]2CCOC[C@H]2OCC(=O)N(C)C)nc(C)n1. The second-order valence-electron chi connectivity index (χ2n) is 6.02. The molecule has 1 aromatic rings. The number of aromatic nitrogens is 2. The van der Waals surface area contributed by atoms with Crippen molar-refractivity contribution in [2.45, 2.75) is 32.4 Å². The Hall–Kier alpha value is -2.06. The van der Waals surface area contributed by atoms with Crippen molar-refractivity contribution < 1.29 is 19.1 Å². The van der Waals surface area contributed by atoms with Crippen LogP contribution in [0, 0.1) is 13.8 Å². The molecule has 0 bridgehead atoms. The number of carbonyl (C=O) groups is 2. The first kappa shape index (κ1) is 18.3. The fraction of sp³-hybridized carbons (Fsp3) is 0.625. The highest BCUT2D eigenvalue weighted by Gasteiger charge is 2.29. The Morgan fingerprint density at radius 3 is 2.79 bits per heavy atom. The molecule has 1 aliphatic heterocycles. The quantitative estimate of drug-likeness (QED) is 0.819. The zero-order valence-electron chi connectivity index (χ0n) is 14.5. The predicted molar refractivity (Wildman–Crippen MR) is 86.6 cm³/mol. The van der Waals surface area contributed by atoms with Crippen LogP contribution >= 0.6 is 0 Å². The van der Waals surface area contributed by atoms with Gasteiger partial charge in [-0.1, -0.05) is 0 Å². The molecule has 1 fully saturated rings. The van der Waals surface area contributed by atoms with Gasteiger partial charge < -0.3 is 19.7 Å². The zero-order chi connectivity index (χ0) is 17.7. The lowest BCUT2D eigenvalue weighted by Gasteiger charge is -2.32. The predicted octanol–water partition coefficient (Wildman–Crippen LogP) is 0.0855. The average molecular weight is 336 g/mol. The second kappa shape index (κ2) is 8.16. The van der Waals surface area contributed by atoms with Crippen LogP contribution in [0.2, 0.25) is 0 Å². The van der Waals surface area contributed by atoms with E-state index in [1.165, 1.54) is 4.90 Å². The van der Waals surface area contributed by atoms with Gasteiger partial charge in [0.05, 0.1) is 12.6 Å². The molecule has 2 amide bonds. The van der Waals surface area contributed by atoms with Gasteiger partial charge >= 0.3 is 0 Å². The summed E-state index contributed by atoms with van der Waals surface area (Å²) < 4.78 is 11.0. The summed E-state index contributed by atoms with van der Waals surface area (Å²) in [7, 11) is 3.34. The highest BCUT2D eigenvalue weighted by Crippen LogP contribution is 2.13. The zero-order valence-corrected chi connectivity index (χ0v) is 14.5. The Kier molecular flexibility index (Phi) is 6.22. The van der Waals surface area contributed by atoms with Crippen molar-refractivity contribution in [3.8, 4) is 0 Å². The molecule has 8 heteroatoms. The van der Waals surface area contributed by atoms with E-state index in [0.717, 1.165) is 5.69 Å². The lowest BCUT2D eigenvalue weighted by atomic mass is 10.1. The van der Waals surface area contributed by atoms with Gasteiger partial charge in [-0.3, -0.25) is 9.59 Å². The Morgan fingerprint density at radius 2 is 2.12 bits per heavy atom. The number of likely N-dealkylation sites (N-methyl/N-ethyl adjacent to an activating group) is 1. The number of hydrogen-bond donors (Lipinski definition) is 1. The minimum atomic E-state index is -0.365. The topological polar surface area (TPSA) is 93.6 Å². The van der Waals surface area contributed by atoms with E-state index >= 15 is 0 Å². The van der Waals surface area contributed by atoms with Crippen LogP contribution in [0.5, 0.6) is 0 Å². The molecule has 0 radical (unpaired) electrons. The van der Waals surface area contributed by atoms with E-state index in [9.17, 15) is 9.59 Å². The molecule has 0 aliphatic carbocycles. The third kappa shape index (κ3) is 4.97. The van der Waals surface area contributed by atoms with Crippen molar-refractivity contribution in [3.63, 3.8) is 0 Å². The van der Waals surface area contributed by atoms with Crippen molar-refractivity contribution in [2.75, 3.05) is 33.9 Å². The highest BCUT2D eigenvalue weighted by molar-refractivity contribution is 5.92. The van der Waals surface area contributed by atoms with Crippen LogP contribution in [0.15, 0.2) is 6.07 Å². The maximum atomic E-state index is 12.4. The third-order valence-corrected chi connectivity index (χ3v) is 3.74. The van der Waals surface area contributed by atoms with Crippen LogP contribution < -0.4 is 5.32 Å². The Morgan fingerprint density at radius 1 is 1.38 bits per heavy atom. The maximum absolute atomic E-state index is 12.4. The molecule has 0 unspecified atom stereocenters. The first-order chi connectivity index (χ1) is 11.4. The van der Waals surface area contributed by atoms with Crippen LogP contribution in [-0.2, 0) is 14.3 Å². The molecule has 2 atom stereocenters. The summed E-state index contributed by atoms with van der Waals surface area (Å²) in [5.41, 5.74) is 1.07.